The summed E-state index contributed by atoms with van der Waals surface area (Å²) in [6.45, 7) is 3.23. The molecule has 0 unspecified atom stereocenters. The topological polar surface area (TPSA) is 75.7 Å². The molecule has 0 heterocycles. The van der Waals surface area contributed by atoms with Crippen LogP contribution in [0.4, 0.5) is 4.39 Å². The number of amides is 1. The number of nitrogens with one attached hydrogen (secondary N) is 1. The maximum absolute atomic E-state index is 13.3. The molecule has 1 atom stereocenters. The summed E-state index contributed by atoms with van der Waals surface area (Å²) in [5, 5.41) is 2.85. The van der Waals surface area contributed by atoms with Crippen molar-refractivity contribution in [1.82, 2.24) is 9.62 Å². The molecule has 0 aliphatic carbocycles. The third-order valence-electron chi connectivity index (χ3n) is 5.24. The highest BCUT2D eigenvalue weighted by atomic mass is 32.2. The van der Waals surface area contributed by atoms with Gasteiger partial charge in [0.25, 0.3) is 0 Å². The number of sulfonamides is 1. The summed E-state index contributed by atoms with van der Waals surface area (Å²) >= 11 is 0. The molecule has 0 saturated carbocycles. The molecule has 0 aliphatic rings. The molecule has 0 bridgehead atoms. The number of carbonyl (C=O) groups excluding carboxylic acids is 1. The zero-order valence-electron chi connectivity index (χ0n) is 18.8. The molecule has 0 aromatic heterocycles. The Kier molecular flexibility index (Phi) is 7.84. The smallest absolute Gasteiger partial charge is 0.243 e. The van der Waals surface area contributed by atoms with E-state index in [-0.39, 0.29) is 24.0 Å². The van der Waals surface area contributed by atoms with Crippen molar-refractivity contribution in [2.75, 3.05) is 13.7 Å². The number of nitrogens with zero attached hydrogens (tertiary/aromatic N) is 1. The third kappa shape index (κ3) is 6.40. The molecule has 174 valence electrons. The first kappa shape index (κ1) is 24.4. The van der Waals surface area contributed by atoms with Gasteiger partial charge in [0.05, 0.1) is 24.6 Å². The van der Waals surface area contributed by atoms with Gasteiger partial charge in [-0.3, -0.25) is 4.79 Å². The van der Waals surface area contributed by atoms with Crippen molar-refractivity contribution in [1.29, 1.82) is 0 Å². The van der Waals surface area contributed by atoms with Crippen LogP contribution >= 0.6 is 0 Å². The predicted octanol–water partition coefficient (Wildman–Crippen LogP) is 4.21. The SMILES string of the molecule is COc1ccc([C@H](C)NC(=O)CN(Cc2ccc(F)cc2)S(=O)(=O)c2ccc(C)cc2)cc1. The lowest BCUT2D eigenvalue weighted by Gasteiger charge is -2.23. The van der Waals surface area contributed by atoms with E-state index in [2.05, 4.69) is 5.32 Å². The molecule has 0 spiro atoms. The molecule has 0 saturated heterocycles. The Morgan fingerprint density at radius 2 is 1.61 bits per heavy atom. The maximum atomic E-state index is 13.3. The Labute approximate surface area is 194 Å². The van der Waals surface area contributed by atoms with Gasteiger partial charge in [0.15, 0.2) is 0 Å². The zero-order chi connectivity index (χ0) is 24.0. The molecular formula is C25H27FN2O4S. The Morgan fingerprint density at radius 3 is 2.18 bits per heavy atom. The molecule has 6 nitrogen and oxygen atoms in total. The van der Waals surface area contributed by atoms with Gasteiger partial charge in [0, 0.05) is 6.54 Å². The van der Waals surface area contributed by atoms with Gasteiger partial charge in [-0.05, 0) is 61.4 Å². The van der Waals surface area contributed by atoms with Crippen molar-refractivity contribution >= 4 is 15.9 Å². The molecule has 8 heteroatoms. The van der Waals surface area contributed by atoms with E-state index >= 15 is 0 Å². The highest BCUT2D eigenvalue weighted by Gasteiger charge is 2.27. The minimum atomic E-state index is -3.97. The molecule has 1 N–H and O–H groups in total. The quantitative estimate of drug-likeness (QED) is 0.508. The van der Waals surface area contributed by atoms with Crippen LogP contribution in [0.5, 0.6) is 5.75 Å². The van der Waals surface area contributed by atoms with Crippen molar-refractivity contribution in [2.45, 2.75) is 31.3 Å². The van der Waals surface area contributed by atoms with E-state index in [1.165, 1.54) is 36.4 Å². The van der Waals surface area contributed by atoms with Crippen molar-refractivity contribution in [3.63, 3.8) is 0 Å². The predicted molar refractivity (Wildman–Crippen MR) is 125 cm³/mol. The Bertz CT molecular complexity index is 1180. The molecule has 1 amide bonds. The molecule has 3 aromatic carbocycles. The van der Waals surface area contributed by atoms with Gasteiger partial charge in [0.1, 0.15) is 11.6 Å². The number of rotatable bonds is 9. The number of carbonyl (C=O) groups is 1. The lowest BCUT2D eigenvalue weighted by atomic mass is 10.1. The minimum absolute atomic E-state index is 0.0686. The van der Waals surface area contributed by atoms with Crippen LogP contribution in [-0.2, 0) is 21.4 Å². The molecular weight excluding hydrogens is 443 g/mol. The van der Waals surface area contributed by atoms with Crippen LogP contribution in [0.25, 0.3) is 0 Å². The first-order valence-corrected chi connectivity index (χ1v) is 11.9. The van der Waals surface area contributed by atoms with Crippen LogP contribution in [0.15, 0.2) is 77.7 Å². The van der Waals surface area contributed by atoms with Gasteiger partial charge in [0.2, 0.25) is 15.9 Å². The number of hydrogen-bond acceptors (Lipinski definition) is 4. The van der Waals surface area contributed by atoms with Crippen molar-refractivity contribution in [2.24, 2.45) is 0 Å². The summed E-state index contributed by atoms with van der Waals surface area (Å²) in [6.07, 6.45) is 0. The van der Waals surface area contributed by atoms with E-state index in [1.54, 1.807) is 31.4 Å². The highest BCUT2D eigenvalue weighted by Crippen LogP contribution is 2.21. The lowest BCUT2D eigenvalue weighted by Crippen LogP contribution is -2.41. The summed E-state index contributed by atoms with van der Waals surface area (Å²) in [5.41, 5.74) is 2.35. The first-order valence-electron chi connectivity index (χ1n) is 10.4. The third-order valence-corrected chi connectivity index (χ3v) is 7.05. The molecule has 0 fully saturated rings. The van der Waals surface area contributed by atoms with Gasteiger partial charge < -0.3 is 10.1 Å². The summed E-state index contributed by atoms with van der Waals surface area (Å²) in [4.78, 5) is 12.9. The van der Waals surface area contributed by atoms with Crippen LogP contribution in [-0.4, -0.2) is 32.3 Å². The number of hydrogen-bond donors (Lipinski definition) is 1. The highest BCUT2D eigenvalue weighted by molar-refractivity contribution is 7.89. The van der Waals surface area contributed by atoms with E-state index in [9.17, 15) is 17.6 Å². The number of ether oxygens (including phenoxy) is 1. The van der Waals surface area contributed by atoms with Gasteiger partial charge in [-0.2, -0.15) is 4.31 Å². The summed E-state index contributed by atoms with van der Waals surface area (Å²) in [5.74, 6) is -0.166. The molecule has 0 aliphatic heterocycles. The average Bonchev–Trinajstić information content (AvgIpc) is 2.80. The van der Waals surface area contributed by atoms with E-state index in [0.29, 0.717) is 11.3 Å². The average molecular weight is 471 g/mol. The van der Waals surface area contributed by atoms with Gasteiger partial charge in [-0.1, -0.05) is 42.0 Å². The summed E-state index contributed by atoms with van der Waals surface area (Å²) in [7, 11) is -2.39. The minimum Gasteiger partial charge on any atom is -0.497 e. The maximum Gasteiger partial charge on any atom is 0.243 e. The second kappa shape index (κ2) is 10.6. The van der Waals surface area contributed by atoms with Crippen molar-refractivity contribution in [3.05, 3.63) is 95.3 Å². The largest absolute Gasteiger partial charge is 0.497 e. The van der Waals surface area contributed by atoms with Crippen LogP contribution < -0.4 is 10.1 Å². The zero-order valence-corrected chi connectivity index (χ0v) is 19.6. The van der Waals surface area contributed by atoms with Crippen molar-refractivity contribution < 1.29 is 22.3 Å². The number of benzene rings is 3. The number of halogens is 1. The van der Waals surface area contributed by atoms with E-state index in [0.717, 1.165) is 15.4 Å². The first-order chi connectivity index (χ1) is 15.7. The van der Waals surface area contributed by atoms with Crippen LogP contribution in [0.3, 0.4) is 0 Å². The van der Waals surface area contributed by atoms with E-state index < -0.39 is 21.7 Å². The van der Waals surface area contributed by atoms with Crippen LogP contribution in [0.1, 0.15) is 29.7 Å². The Morgan fingerprint density at radius 1 is 1.00 bits per heavy atom. The van der Waals surface area contributed by atoms with Gasteiger partial charge in [-0.25, -0.2) is 12.8 Å². The van der Waals surface area contributed by atoms with Gasteiger partial charge in [-0.15, -0.1) is 0 Å². The standard InChI is InChI=1S/C25H27FN2O4S/c1-18-4-14-24(15-5-18)33(30,31)28(16-20-6-10-22(26)11-7-20)17-25(29)27-19(2)21-8-12-23(32-3)13-9-21/h4-15,19H,16-17H2,1-3H3,(H,27,29)/t19-/m0/s1. The number of methoxy groups -OCH3 is 1. The molecule has 3 aromatic rings. The molecule has 3 rings (SSSR count). The second-order valence-electron chi connectivity index (χ2n) is 7.77. The fraction of sp³-hybridized carbons (Fsp3) is 0.240. The second-order valence-corrected chi connectivity index (χ2v) is 9.71. The van der Waals surface area contributed by atoms with E-state index in [1.807, 2.05) is 26.0 Å². The fourth-order valence-electron chi connectivity index (χ4n) is 3.30. The number of aryl methyl sites for hydroxylation is 1. The Balaban J connectivity index is 1.81. The van der Waals surface area contributed by atoms with Crippen molar-refractivity contribution in [3.8, 4) is 5.75 Å². The summed E-state index contributed by atoms with van der Waals surface area (Å²) in [6, 6.07) is 18.9. The Hall–Kier alpha value is -3.23. The monoisotopic (exact) mass is 470 g/mol. The lowest BCUT2D eigenvalue weighted by molar-refractivity contribution is -0.122. The fourth-order valence-corrected chi connectivity index (χ4v) is 4.69. The van der Waals surface area contributed by atoms with Crippen LogP contribution in [0.2, 0.25) is 0 Å². The van der Waals surface area contributed by atoms with Gasteiger partial charge >= 0.3 is 0 Å². The van der Waals surface area contributed by atoms with Crippen LogP contribution in [0, 0.1) is 12.7 Å². The molecule has 0 radical (unpaired) electrons. The molecule has 33 heavy (non-hydrogen) atoms. The normalized spacial score (nSPS) is 12.4. The summed E-state index contributed by atoms with van der Waals surface area (Å²) < 4.78 is 46.2. The van der Waals surface area contributed by atoms with E-state index in [4.69, 9.17) is 4.74 Å².